The van der Waals surface area contributed by atoms with Gasteiger partial charge in [-0.2, -0.15) is 0 Å². The number of methoxy groups -OCH3 is 1. The highest BCUT2D eigenvalue weighted by Crippen LogP contribution is 2.33. The molecule has 0 heterocycles. The molecular formula is C14H18ClNO4S. The number of nitrogens with one attached hydrogen (secondary N) is 1. The van der Waals surface area contributed by atoms with Gasteiger partial charge in [-0.1, -0.05) is 6.07 Å². The van der Waals surface area contributed by atoms with E-state index in [1.807, 2.05) is 0 Å². The summed E-state index contributed by atoms with van der Waals surface area (Å²) in [5.74, 6) is 0.674. The van der Waals surface area contributed by atoms with Gasteiger partial charge in [-0.15, -0.1) is 0 Å². The average Bonchev–Trinajstić information content (AvgIpc) is 3.20. The molecule has 0 aliphatic heterocycles. The summed E-state index contributed by atoms with van der Waals surface area (Å²) >= 11 is 0. The van der Waals surface area contributed by atoms with Crippen LogP contribution in [0.5, 0.6) is 5.75 Å². The Kier molecular flexibility index (Phi) is 4.78. The molecule has 0 spiro atoms. The van der Waals surface area contributed by atoms with Crippen LogP contribution >= 0.6 is 10.7 Å². The van der Waals surface area contributed by atoms with Crippen molar-refractivity contribution in [3.05, 3.63) is 23.8 Å². The van der Waals surface area contributed by atoms with Crippen LogP contribution in [-0.2, 0) is 13.8 Å². The molecule has 5 nitrogen and oxygen atoms in total. The van der Waals surface area contributed by atoms with Crippen LogP contribution in [-0.4, -0.2) is 21.4 Å². The Balaban J connectivity index is 2.16. The molecule has 1 aromatic carbocycles. The third-order valence-corrected chi connectivity index (χ3v) is 4.84. The number of hydrogen-bond donors (Lipinski definition) is 1. The van der Waals surface area contributed by atoms with Crippen LogP contribution in [0.3, 0.4) is 0 Å². The van der Waals surface area contributed by atoms with Gasteiger partial charge in [0, 0.05) is 17.1 Å². The minimum Gasteiger partial charge on any atom is -0.495 e. The number of halogens is 1. The van der Waals surface area contributed by atoms with E-state index in [0.717, 1.165) is 12.8 Å². The van der Waals surface area contributed by atoms with E-state index in [4.69, 9.17) is 15.4 Å². The molecule has 21 heavy (non-hydrogen) atoms. The van der Waals surface area contributed by atoms with Gasteiger partial charge >= 0.3 is 0 Å². The van der Waals surface area contributed by atoms with E-state index in [-0.39, 0.29) is 22.6 Å². The quantitative estimate of drug-likeness (QED) is 0.813. The first kappa shape index (κ1) is 16.1. The number of hydrogen-bond acceptors (Lipinski definition) is 4. The molecule has 0 saturated heterocycles. The third-order valence-electron chi connectivity index (χ3n) is 3.50. The molecule has 1 fully saturated rings. The summed E-state index contributed by atoms with van der Waals surface area (Å²) < 4.78 is 28.1. The molecule has 0 radical (unpaired) electrons. The van der Waals surface area contributed by atoms with E-state index in [1.165, 1.54) is 19.2 Å². The van der Waals surface area contributed by atoms with Crippen molar-refractivity contribution in [3.8, 4) is 5.75 Å². The van der Waals surface area contributed by atoms with Crippen molar-refractivity contribution in [3.63, 3.8) is 0 Å². The summed E-state index contributed by atoms with van der Waals surface area (Å²) in [5, 5.41) is 2.87. The summed E-state index contributed by atoms with van der Waals surface area (Å²) in [5.41, 5.74) is 0.666. The highest BCUT2D eigenvalue weighted by molar-refractivity contribution is 8.13. The third kappa shape index (κ3) is 4.35. The van der Waals surface area contributed by atoms with E-state index in [9.17, 15) is 13.2 Å². The molecule has 1 unspecified atom stereocenters. The van der Waals surface area contributed by atoms with Crippen LogP contribution in [0, 0.1) is 5.92 Å². The topological polar surface area (TPSA) is 72.5 Å². The number of carbonyl (C=O) groups excluding carboxylic acids is 1. The van der Waals surface area contributed by atoms with Gasteiger partial charge in [0.1, 0.15) is 10.6 Å². The van der Waals surface area contributed by atoms with Crippen LogP contribution in [0.1, 0.15) is 37.8 Å². The summed E-state index contributed by atoms with van der Waals surface area (Å²) in [6.07, 6.45) is 2.75. The second kappa shape index (κ2) is 6.23. The van der Waals surface area contributed by atoms with Crippen molar-refractivity contribution in [2.75, 3.05) is 7.11 Å². The Labute approximate surface area is 129 Å². The zero-order chi connectivity index (χ0) is 15.6. The van der Waals surface area contributed by atoms with Gasteiger partial charge in [-0.05, 0) is 43.4 Å². The lowest BCUT2D eigenvalue weighted by Gasteiger charge is -2.16. The van der Waals surface area contributed by atoms with Gasteiger partial charge in [0.2, 0.25) is 5.91 Å². The number of benzene rings is 1. The monoisotopic (exact) mass is 331 g/mol. The van der Waals surface area contributed by atoms with Gasteiger partial charge in [0.15, 0.2) is 0 Å². The first-order valence-corrected chi connectivity index (χ1v) is 9.04. The Morgan fingerprint density at radius 2 is 2.14 bits per heavy atom. The zero-order valence-electron chi connectivity index (χ0n) is 11.9. The van der Waals surface area contributed by atoms with Gasteiger partial charge in [0.05, 0.1) is 13.2 Å². The average molecular weight is 332 g/mol. The van der Waals surface area contributed by atoms with Crippen molar-refractivity contribution in [2.24, 2.45) is 5.92 Å². The highest BCUT2D eigenvalue weighted by Gasteiger charge is 2.25. The Hall–Kier alpha value is -1.27. The molecule has 116 valence electrons. The fourth-order valence-corrected chi connectivity index (χ4v) is 3.15. The van der Waals surface area contributed by atoms with E-state index < -0.39 is 9.05 Å². The fourth-order valence-electron chi connectivity index (χ4n) is 2.12. The molecular weight excluding hydrogens is 314 g/mol. The lowest BCUT2D eigenvalue weighted by molar-refractivity contribution is -0.122. The number of rotatable bonds is 6. The summed E-state index contributed by atoms with van der Waals surface area (Å²) in [4.78, 5) is 11.7. The van der Waals surface area contributed by atoms with Crippen molar-refractivity contribution in [2.45, 2.75) is 37.1 Å². The van der Waals surface area contributed by atoms with Crippen LogP contribution in [0.25, 0.3) is 0 Å². The van der Waals surface area contributed by atoms with Crippen molar-refractivity contribution in [1.29, 1.82) is 0 Å². The number of carbonyl (C=O) groups is 1. The Morgan fingerprint density at radius 3 is 2.67 bits per heavy atom. The van der Waals surface area contributed by atoms with Gasteiger partial charge < -0.3 is 10.1 Å². The molecule has 1 N–H and O–H groups in total. The minimum atomic E-state index is -3.90. The lowest BCUT2D eigenvalue weighted by Crippen LogP contribution is -2.26. The Bertz CT molecular complexity index is 640. The maximum atomic E-state index is 11.8. The molecule has 1 aliphatic carbocycles. The SMILES string of the molecule is COc1ccc(C(C)NC(=O)CC2CC2)cc1S(=O)(=O)Cl. The normalized spacial score (nSPS) is 16.3. The van der Waals surface area contributed by atoms with Crippen LogP contribution in [0.4, 0.5) is 0 Å². The molecule has 1 aliphatic rings. The fraction of sp³-hybridized carbons (Fsp3) is 0.500. The maximum absolute atomic E-state index is 11.8. The molecule has 1 amide bonds. The van der Waals surface area contributed by atoms with E-state index in [2.05, 4.69) is 5.32 Å². The van der Waals surface area contributed by atoms with E-state index in [0.29, 0.717) is 17.9 Å². The van der Waals surface area contributed by atoms with Crippen LogP contribution in [0.2, 0.25) is 0 Å². The summed E-state index contributed by atoms with van der Waals surface area (Å²) in [7, 11) is 2.88. The first-order chi connectivity index (χ1) is 9.81. The molecule has 0 aromatic heterocycles. The lowest BCUT2D eigenvalue weighted by atomic mass is 10.1. The first-order valence-electron chi connectivity index (χ1n) is 6.73. The number of ether oxygens (including phenoxy) is 1. The summed E-state index contributed by atoms with van der Waals surface area (Å²) in [6, 6.07) is 4.39. The Morgan fingerprint density at radius 1 is 1.48 bits per heavy atom. The van der Waals surface area contributed by atoms with Gasteiger partial charge in [-0.25, -0.2) is 8.42 Å². The largest absolute Gasteiger partial charge is 0.495 e. The molecule has 1 atom stereocenters. The second-order valence-electron chi connectivity index (χ2n) is 5.28. The van der Waals surface area contributed by atoms with Crippen molar-refractivity contribution in [1.82, 2.24) is 5.32 Å². The number of amides is 1. The van der Waals surface area contributed by atoms with E-state index >= 15 is 0 Å². The molecule has 1 aromatic rings. The van der Waals surface area contributed by atoms with Crippen molar-refractivity contribution < 1.29 is 17.9 Å². The highest BCUT2D eigenvalue weighted by atomic mass is 35.7. The van der Waals surface area contributed by atoms with Gasteiger partial charge in [0.25, 0.3) is 9.05 Å². The smallest absolute Gasteiger partial charge is 0.264 e. The molecule has 0 bridgehead atoms. The zero-order valence-corrected chi connectivity index (χ0v) is 13.5. The maximum Gasteiger partial charge on any atom is 0.264 e. The standard InChI is InChI=1S/C14H18ClNO4S/c1-9(16-14(17)7-10-3-4-10)11-5-6-12(20-2)13(8-11)21(15,18)19/h5-6,8-10H,3-4,7H2,1-2H3,(H,16,17). The van der Waals surface area contributed by atoms with Crippen LogP contribution < -0.4 is 10.1 Å². The predicted molar refractivity (Wildman–Crippen MR) is 79.9 cm³/mol. The van der Waals surface area contributed by atoms with Gasteiger partial charge in [-0.3, -0.25) is 4.79 Å². The summed E-state index contributed by atoms with van der Waals surface area (Å²) in [6.45, 7) is 1.80. The second-order valence-corrected chi connectivity index (χ2v) is 7.82. The molecule has 1 saturated carbocycles. The van der Waals surface area contributed by atoms with Crippen molar-refractivity contribution >= 4 is 25.6 Å². The molecule has 2 rings (SSSR count). The minimum absolute atomic E-state index is 0.0175. The predicted octanol–water partition coefficient (Wildman–Crippen LogP) is 2.60. The van der Waals surface area contributed by atoms with E-state index in [1.54, 1.807) is 13.0 Å². The van der Waals surface area contributed by atoms with Crippen LogP contribution in [0.15, 0.2) is 23.1 Å². The molecule has 7 heteroatoms.